The van der Waals surface area contributed by atoms with Crippen LogP contribution < -0.4 is 10.6 Å². The number of rotatable bonds is 6. The van der Waals surface area contributed by atoms with Gasteiger partial charge in [-0.1, -0.05) is 50.6 Å². The molecule has 2 aliphatic rings. The molecule has 0 bridgehead atoms. The topological polar surface area (TPSA) is 105 Å². The van der Waals surface area contributed by atoms with Crippen LogP contribution in [0.4, 0.5) is 4.79 Å². The maximum atomic E-state index is 13.0. The van der Waals surface area contributed by atoms with Crippen LogP contribution in [0.2, 0.25) is 5.02 Å². The van der Waals surface area contributed by atoms with Crippen LogP contribution in [0.3, 0.4) is 0 Å². The maximum Gasteiger partial charge on any atom is 0.326 e. The molecule has 168 valence electrons. The van der Waals surface area contributed by atoms with Crippen LogP contribution in [0.25, 0.3) is 0 Å². The summed E-state index contributed by atoms with van der Waals surface area (Å²) in [5.41, 5.74) is -0.347. The second-order valence-electron chi connectivity index (χ2n) is 9.29. The second kappa shape index (κ2) is 8.86. The summed E-state index contributed by atoms with van der Waals surface area (Å²) < 4.78 is 4.96. The minimum Gasteiger partial charge on any atom is -0.454 e. The summed E-state index contributed by atoms with van der Waals surface area (Å²) in [5.74, 6) is -1.47. The van der Waals surface area contributed by atoms with Crippen LogP contribution in [0.5, 0.6) is 0 Å². The third-order valence-electron chi connectivity index (χ3n) is 5.71. The van der Waals surface area contributed by atoms with Crippen molar-refractivity contribution >= 4 is 35.4 Å². The Balaban J connectivity index is 1.51. The zero-order valence-electron chi connectivity index (χ0n) is 18.0. The van der Waals surface area contributed by atoms with Crippen molar-refractivity contribution in [2.75, 3.05) is 13.2 Å². The fourth-order valence-electron chi connectivity index (χ4n) is 4.86. The summed E-state index contributed by atoms with van der Waals surface area (Å²) >= 11 is 6.03. The normalized spacial score (nSPS) is 24.8. The molecule has 0 aromatic heterocycles. The number of ether oxygens (including phenoxy) is 1. The quantitative estimate of drug-likeness (QED) is 0.513. The van der Waals surface area contributed by atoms with E-state index in [0.29, 0.717) is 17.9 Å². The Hall–Kier alpha value is -2.61. The van der Waals surface area contributed by atoms with E-state index in [1.165, 1.54) is 0 Å². The van der Waals surface area contributed by atoms with E-state index in [9.17, 15) is 19.2 Å². The molecule has 1 aromatic rings. The Labute approximate surface area is 186 Å². The molecule has 4 amide bonds. The van der Waals surface area contributed by atoms with Crippen molar-refractivity contribution in [3.05, 3.63) is 34.9 Å². The van der Waals surface area contributed by atoms with Gasteiger partial charge in [0.25, 0.3) is 11.8 Å². The van der Waals surface area contributed by atoms with E-state index >= 15 is 0 Å². The minimum atomic E-state index is -0.981. The van der Waals surface area contributed by atoms with Crippen LogP contribution in [0, 0.1) is 11.3 Å². The lowest BCUT2D eigenvalue weighted by Gasteiger charge is -2.43. The van der Waals surface area contributed by atoms with E-state index in [4.69, 9.17) is 16.3 Å². The zero-order chi connectivity index (χ0) is 22.8. The van der Waals surface area contributed by atoms with Crippen LogP contribution in [-0.4, -0.2) is 47.4 Å². The Morgan fingerprint density at radius 2 is 1.97 bits per heavy atom. The van der Waals surface area contributed by atoms with Gasteiger partial charge in [0.15, 0.2) is 6.61 Å². The third-order valence-corrected chi connectivity index (χ3v) is 6.08. The van der Waals surface area contributed by atoms with Crippen molar-refractivity contribution in [3.8, 4) is 0 Å². The van der Waals surface area contributed by atoms with Crippen LogP contribution in [-0.2, 0) is 25.7 Å². The highest BCUT2D eigenvalue weighted by Gasteiger charge is 2.56. The molecule has 1 saturated heterocycles. The summed E-state index contributed by atoms with van der Waals surface area (Å²) in [4.78, 5) is 50.5. The summed E-state index contributed by atoms with van der Waals surface area (Å²) in [6.45, 7) is 5.35. The van der Waals surface area contributed by atoms with E-state index in [0.717, 1.165) is 16.9 Å². The Bertz CT molecular complexity index is 903. The van der Waals surface area contributed by atoms with E-state index in [1.54, 1.807) is 24.3 Å². The third kappa shape index (κ3) is 5.36. The molecule has 8 nitrogen and oxygen atoms in total. The number of halogens is 1. The van der Waals surface area contributed by atoms with Gasteiger partial charge in [-0.2, -0.15) is 0 Å². The molecular weight excluding hydrogens is 422 g/mol. The van der Waals surface area contributed by atoms with Crippen molar-refractivity contribution in [2.45, 2.75) is 52.1 Å². The van der Waals surface area contributed by atoms with Gasteiger partial charge in [-0.15, -0.1) is 0 Å². The van der Waals surface area contributed by atoms with Gasteiger partial charge in [-0.25, -0.2) is 4.79 Å². The number of carbonyl (C=O) groups is 4. The highest BCUT2D eigenvalue weighted by molar-refractivity contribution is 6.31. The molecule has 31 heavy (non-hydrogen) atoms. The fourth-order valence-corrected chi connectivity index (χ4v) is 5.06. The van der Waals surface area contributed by atoms with Crippen molar-refractivity contribution in [1.82, 2.24) is 15.5 Å². The van der Waals surface area contributed by atoms with Gasteiger partial charge in [0.05, 0.1) is 0 Å². The highest BCUT2D eigenvalue weighted by Crippen LogP contribution is 2.46. The first-order chi connectivity index (χ1) is 14.5. The van der Waals surface area contributed by atoms with Gasteiger partial charge in [-0.3, -0.25) is 19.3 Å². The van der Waals surface area contributed by atoms with Crippen molar-refractivity contribution < 1.29 is 23.9 Å². The van der Waals surface area contributed by atoms with Gasteiger partial charge in [-0.05, 0) is 42.2 Å². The number of urea groups is 1. The van der Waals surface area contributed by atoms with Crippen molar-refractivity contribution in [1.29, 1.82) is 0 Å². The summed E-state index contributed by atoms with van der Waals surface area (Å²) in [6, 6.07) is 6.46. The van der Waals surface area contributed by atoms with E-state index in [2.05, 4.69) is 31.4 Å². The van der Waals surface area contributed by atoms with Gasteiger partial charge in [0.2, 0.25) is 0 Å². The molecule has 0 unspecified atom stereocenters. The molecule has 3 rings (SSSR count). The van der Waals surface area contributed by atoms with Gasteiger partial charge in [0.1, 0.15) is 12.1 Å². The van der Waals surface area contributed by atoms with Gasteiger partial charge >= 0.3 is 12.0 Å². The predicted molar refractivity (Wildman–Crippen MR) is 114 cm³/mol. The molecule has 9 heteroatoms. The van der Waals surface area contributed by atoms with E-state index in [-0.39, 0.29) is 17.9 Å². The lowest BCUT2D eigenvalue weighted by molar-refractivity contribution is -0.151. The lowest BCUT2D eigenvalue weighted by atomic mass is 9.64. The minimum absolute atomic E-state index is 0.100. The zero-order valence-corrected chi connectivity index (χ0v) is 18.8. The number of nitrogens with zero attached hydrogens (tertiary/aromatic N) is 1. The average Bonchev–Trinajstić information content (AvgIpc) is 2.87. The van der Waals surface area contributed by atoms with Crippen molar-refractivity contribution in [2.24, 2.45) is 11.3 Å². The Kier molecular flexibility index (Phi) is 6.59. The van der Waals surface area contributed by atoms with E-state index < -0.39 is 42.5 Å². The first-order valence-electron chi connectivity index (χ1n) is 10.3. The number of benzene rings is 1. The fraction of sp³-hybridized carbons (Fsp3) is 0.545. The highest BCUT2D eigenvalue weighted by atomic mass is 35.5. The molecule has 1 spiro atoms. The van der Waals surface area contributed by atoms with Crippen LogP contribution in [0.15, 0.2) is 24.3 Å². The van der Waals surface area contributed by atoms with Crippen LogP contribution >= 0.6 is 11.6 Å². The first-order valence-corrected chi connectivity index (χ1v) is 10.7. The Morgan fingerprint density at radius 1 is 1.26 bits per heavy atom. The lowest BCUT2D eigenvalue weighted by Crippen LogP contribution is -2.54. The van der Waals surface area contributed by atoms with Crippen LogP contribution in [0.1, 0.15) is 45.6 Å². The average molecular weight is 450 g/mol. The molecular formula is C22H28ClN3O5. The monoisotopic (exact) mass is 449 g/mol. The SMILES string of the molecule is C[C@@H]1CC(C)(C)C[C@@]2(C1)NC(=O)N(CC(=O)OCC(=O)NCc1ccccc1Cl)C2=O. The number of hydrogen-bond donors (Lipinski definition) is 2. The van der Waals surface area contributed by atoms with Crippen molar-refractivity contribution in [3.63, 3.8) is 0 Å². The number of amides is 4. The molecule has 2 fully saturated rings. The largest absolute Gasteiger partial charge is 0.454 e. The second-order valence-corrected chi connectivity index (χ2v) is 9.69. The number of esters is 1. The van der Waals surface area contributed by atoms with E-state index in [1.807, 2.05) is 0 Å². The Morgan fingerprint density at radius 3 is 2.65 bits per heavy atom. The summed E-state index contributed by atoms with van der Waals surface area (Å²) in [6.07, 6.45) is 2.02. The molecule has 1 aliphatic carbocycles. The maximum absolute atomic E-state index is 13.0. The first kappa shape index (κ1) is 23.1. The molecule has 1 heterocycles. The molecule has 1 aliphatic heterocycles. The molecule has 2 atom stereocenters. The molecule has 1 aromatic carbocycles. The predicted octanol–water partition coefficient (Wildman–Crippen LogP) is 2.64. The summed E-state index contributed by atoms with van der Waals surface area (Å²) in [7, 11) is 0. The van der Waals surface area contributed by atoms with Gasteiger partial charge < -0.3 is 15.4 Å². The molecule has 1 saturated carbocycles. The smallest absolute Gasteiger partial charge is 0.326 e. The number of hydrogen-bond acceptors (Lipinski definition) is 5. The standard InChI is InChI=1S/C22H28ClN3O5/c1-14-8-21(2,3)13-22(9-14)19(29)26(20(30)25-22)11-18(28)31-12-17(27)24-10-15-6-4-5-7-16(15)23/h4-7,14H,8-13H2,1-3H3,(H,24,27)(H,25,30)/t14-,22-/m1/s1. The van der Waals surface area contributed by atoms with Gasteiger partial charge in [0, 0.05) is 11.6 Å². The molecule has 2 N–H and O–H groups in total. The molecule has 0 radical (unpaired) electrons. The number of nitrogens with one attached hydrogen (secondary N) is 2. The summed E-state index contributed by atoms with van der Waals surface area (Å²) in [5, 5.41) is 5.93. The number of carbonyl (C=O) groups excluding carboxylic acids is 4. The number of imide groups is 1.